The Bertz CT molecular complexity index is 733. The minimum Gasteiger partial charge on any atom is -0.321 e. The first-order valence-electron chi connectivity index (χ1n) is 7.72. The molecule has 0 spiro atoms. The Balaban J connectivity index is 1.70. The number of quaternary nitrogens is 1. The first-order chi connectivity index (χ1) is 11.0. The van der Waals surface area contributed by atoms with Crippen molar-refractivity contribution < 1.29 is 18.5 Å². The highest BCUT2D eigenvalue weighted by molar-refractivity contribution is 5.93. The van der Waals surface area contributed by atoms with Crippen LogP contribution >= 0.6 is 0 Å². The van der Waals surface area contributed by atoms with Gasteiger partial charge in [0.05, 0.1) is 12.2 Å². The molecule has 2 N–H and O–H groups in total. The molecule has 0 fully saturated rings. The van der Waals surface area contributed by atoms with E-state index in [1.165, 1.54) is 11.1 Å². The Hall–Kier alpha value is -2.27. The van der Waals surface area contributed by atoms with Gasteiger partial charge >= 0.3 is 0 Å². The molecule has 3 nitrogen and oxygen atoms in total. The van der Waals surface area contributed by atoms with Crippen LogP contribution in [0.5, 0.6) is 0 Å². The molecule has 2 aromatic carbocycles. The third-order valence-corrected chi connectivity index (χ3v) is 4.44. The number of hydrogen-bond donors (Lipinski definition) is 2. The number of amides is 1. The van der Waals surface area contributed by atoms with Crippen LogP contribution in [-0.2, 0) is 17.8 Å². The van der Waals surface area contributed by atoms with Crippen LogP contribution in [0.1, 0.15) is 18.1 Å². The van der Waals surface area contributed by atoms with Gasteiger partial charge in [-0.1, -0.05) is 24.3 Å². The number of rotatable bonds is 3. The molecule has 1 aliphatic heterocycles. The normalized spacial score (nSPS) is 18.1. The summed E-state index contributed by atoms with van der Waals surface area (Å²) < 4.78 is 26.8. The predicted octanol–water partition coefficient (Wildman–Crippen LogP) is 1.93. The summed E-state index contributed by atoms with van der Waals surface area (Å²) >= 11 is 0. The summed E-state index contributed by atoms with van der Waals surface area (Å²) in [7, 11) is 0. The van der Waals surface area contributed by atoms with Crippen molar-refractivity contribution in [3.05, 3.63) is 65.2 Å². The average Bonchev–Trinajstić information content (AvgIpc) is 2.57. The van der Waals surface area contributed by atoms with Crippen molar-refractivity contribution in [1.29, 1.82) is 0 Å². The Morgan fingerprint density at radius 1 is 1.17 bits per heavy atom. The maximum absolute atomic E-state index is 13.6. The molecule has 23 heavy (non-hydrogen) atoms. The van der Waals surface area contributed by atoms with Gasteiger partial charge in [0, 0.05) is 18.1 Å². The van der Waals surface area contributed by atoms with E-state index < -0.39 is 11.6 Å². The third kappa shape index (κ3) is 3.40. The van der Waals surface area contributed by atoms with Crippen LogP contribution in [0, 0.1) is 11.6 Å². The lowest BCUT2D eigenvalue weighted by Crippen LogP contribution is -3.16. The summed E-state index contributed by atoms with van der Waals surface area (Å²) in [5.74, 6) is -1.51. The van der Waals surface area contributed by atoms with Crippen molar-refractivity contribution in [3.8, 4) is 0 Å². The number of hydrogen-bond acceptors (Lipinski definition) is 1. The minimum absolute atomic E-state index is 0.112. The molecule has 0 saturated heterocycles. The number of fused-ring (bicyclic) bond motifs is 1. The zero-order valence-electron chi connectivity index (χ0n) is 12.9. The van der Waals surface area contributed by atoms with Crippen LogP contribution in [0.3, 0.4) is 0 Å². The van der Waals surface area contributed by atoms with Crippen molar-refractivity contribution in [1.82, 2.24) is 0 Å². The molecule has 1 heterocycles. The number of anilines is 1. The summed E-state index contributed by atoms with van der Waals surface area (Å²) in [5.41, 5.74) is 2.45. The van der Waals surface area contributed by atoms with E-state index in [1.807, 2.05) is 19.1 Å². The quantitative estimate of drug-likeness (QED) is 0.891. The van der Waals surface area contributed by atoms with Crippen molar-refractivity contribution in [2.75, 3.05) is 11.9 Å². The molecule has 0 radical (unpaired) electrons. The van der Waals surface area contributed by atoms with Gasteiger partial charge in [-0.2, -0.15) is 0 Å². The number of halogens is 2. The molecule has 0 aromatic heterocycles. The van der Waals surface area contributed by atoms with E-state index in [9.17, 15) is 13.6 Å². The third-order valence-electron chi connectivity index (χ3n) is 4.44. The fourth-order valence-corrected chi connectivity index (χ4v) is 2.99. The Kier molecular flexibility index (Phi) is 4.39. The van der Waals surface area contributed by atoms with Gasteiger partial charge in [-0.15, -0.1) is 0 Å². The van der Waals surface area contributed by atoms with E-state index >= 15 is 0 Å². The number of nitrogens with one attached hydrogen (secondary N) is 2. The number of carbonyl (C=O) groups is 1. The van der Waals surface area contributed by atoms with E-state index in [4.69, 9.17) is 0 Å². The zero-order chi connectivity index (χ0) is 16.4. The van der Waals surface area contributed by atoms with Crippen LogP contribution in [0.25, 0.3) is 0 Å². The fraction of sp³-hybridized carbons (Fsp3) is 0.278. The minimum atomic E-state index is -0.633. The lowest BCUT2D eigenvalue weighted by Gasteiger charge is -2.30. The van der Waals surface area contributed by atoms with E-state index in [0.717, 1.165) is 42.6 Å². The molecular formula is C18H19F2N2O+. The van der Waals surface area contributed by atoms with Gasteiger partial charge < -0.3 is 10.2 Å². The first-order valence-corrected chi connectivity index (χ1v) is 7.72. The molecule has 1 aliphatic rings. The molecule has 2 atom stereocenters. The standard InChI is InChI=1S/C18H18F2N2O/c1-12(18(23)21-17-10-15(19)6-7-16(17)20)22-9-8-13-4-2-3-5-14(13)11-22/h2-7,10,12H,8-9,11H2,1H3,(H,21,23)/p+1/t12-/m0/s1. The molecular weight excluding hydrogens is 298 g/mol. The molecule has 0 bridgehead atoms. The second kappa shape index (κ2) is 6.46. The summed E-state index contributed by atoms with van der Waals surface area (Å²) in [6.45, 7) is 3.42. The lowest BCUT2D eigenvalue weighted by atomic mass is 9.99. The van der Waals surface area contributed by atoms with Gasteiger partial charge in [-0.05, 0) is 24.6 Å². The van der Waals surface area contributed by atoms with Crippen molar-refractivity contribution >= 4 is 11.6 Å². The topological polar surface area (TPSA) is 33.5 Å². The van der Waals surface area contributed by atoms with E-state index in [1.54, 1.807) is 0 Å². The molecule has 1 amide bonds. The number of benzene rings is 2. The second-order valence-electron chi connectivity index (χ2n) is 5.94. The lowest BCUT2D eigenvalue weighted by molar-refractivity contribution is -0.929. The highest BCUT2D eigenvalue weighted by Crippen LogP contribution is 2.15. The van der Waals surface area contributed by atoms with Gasteiger partial charge in [-0.3, -0.25) is 4.79 Å². The molecule has 1 unspecified atom stereocenters. The maximum atomic E-state index is 13.6. The fourth-order valence-electron chi connectivity index (χ4n) is 2.99. The average molecular weight is 317 g/mol. The van der Waals surface area contributed by atoms with Crippen LogP contribution in [-0.4, -0.2) is 18.5 Å². The van der Waals surface area contributed by atoms with Gasteiger partial charge in [0.1, 0.15) is 18.2 Å². The predicted molar refractivity (Wildman–Crippen MR) is 84.1 cm³/mol. The van der Waals surface area contributed by atoms with Crippen LogP contribution in [0.15, 0.2) is 42.5 Å². The summed E-state index contributed by atoms with van der Waals surface area (Å²) in [6, 6.07) is 10.9. The Labute approximate surface area is 133 Å². The zero-order valence-corrected chi connectivity index (χ0v) is 12.9. The van der Waals surface area contributed by atoms with Crippen molar-refractivity contribution in [2.24, 2.45) is 0 Å². The van der Waals surface area contributed by atoms with Gasteiger partial charge in [0.2, 0.25) is 0 Å². The maximum Gasteiger partial charge on any atom is 0.282 e. The van der Waals surface area contributed by atoms with E-state index in [-0.39, 0.29) is 17.6 Å². The molecule has 2 aromatic rings. The van der Waals surface area contributed by atoms with Gasteiger partial charge in [-0.25, -0.2) is 8.78 Å². The summed E-state index contributed by atoms with van der Waals surface area (Å²) in [4.78, 5) is 13.5. The number of carbonyl (C=O) groups excluding carboxylic acids is 1. The summed E-state index contributed by atoms with van der Waals surface area (Å²) in [6.07, 6.45) is 0.914. The highest BCUT2D eigenvalue weighted by Gasteiger charge is 2.29. The van der Waals surface area contributed by atoms with E-state index in [0.29, 0.717) is 0 Å². The Morgan fingerprint density at radius 3 is 2.70 bits per heavy atom. The Morgan fingerprint density at radius 2 is 1.91 bits per heavy atom. The highest BCUT2D eigenvalue weighted by atomic mass is 19.1. The van der Waals surface area contributed by atoms with Crippen molar-refractivity contribution in [3.63, 3.8) is 0 Å². The van der Waals surface area contributed by atoms with Crippen LogP contribution in [0.4, 0.5) is 14.5 Å². The van der Waals surface area contributed by atoms with Crippen LogP contribution in [0.2, 0.25) is 0 Å². The molecule has 0 saturated carbocycles. The van der Waals surface area contributed by atoms with Gasteiger partial charge in [0.15, 0.2) is 6.04 Å². The second-order valence-corrected chi connectivity index (χ2v) is 5.94. The monoisotopic (exact) mass is 317 g/mol. The van der Waals surface area contributed by atoms with E-state index in [2.05, 4.69) is 17.4 Å². The largest absolute Gasteiger partial charge is 0.321 e. The molecule has 120 valence electrons. The van der Waals surface area contributed by atoms with Gasteiger partial charge in [0.25, 0.3) is 5.91 Å². The van der Waals surface area contributed by atoms with Crippen LogP contribution < -0.4 is 10.2 Å². The molecule has 0 aliphatic carbocycles. The van der Waals surface area contributed by atoms with Crippen molar-refractivity contribution in [2.45, 2.75) is 25.9 Å². The molecule has 3 rings (SSSR count). The first kappa shape index (κ1) is 15.6. The summed E-state index contributed by atoms with van der Waals surface area (Å²) in [5, 5.41) is 2.50. The smallest absolute Gasteiger partial charge is 0.282 e. The SMILES string of the molecule is C[C@@H](C(=O)Nc1cc(F)ccc1F)[NH+]1CCc2ccccc2C1. The molecule has 5 heteroatoms.